The molecule has 0 atom stereocenters. The van der Waals surface area contributed by atoms with Crippen molar-refractivity contribution in [2.45, 2.75) is 104 Å². The van der Waals surface area contributed by atoms with Gasteiger partial charge >= 0.3 is 0 Å². The maximum atomic E-state index is 5.07. The van der Waals surface area contributed by atoms with Gasteiger partial charge in [0.1, 0.15) is 0 Å². The van der Waals surface area contributed by atoms with Crippen LogP contribution in [0.3, 0.4) is 0 Å². The van der Waals surface area contributed by atoms with E-state index in [0.29, 0.717) is 0 Å². The second-order valence-electron chi connectivity index (χ2n) is 17.7. The Balaban J connectivity index is 0.000000238. The van der Waals surface area contributed by atoms with Crippen LogP contribution in [-0.4, -0.2) is 19.9 Å². The Kier molecular flexibility index (Phi) is 16.3. The predicted molar refractivity (Wildman–Crippen MR) is 265 cm³/mol. The Morgan fingerprint density at radius 1 is 0.262 bits per heavy atom. The molecule has 0 aliphatic rings. The second kappa shape index (κ2) is 20.9. The summed E-state index contributed by atoms with van der Waals surface area (Å²) in [4.78, 5) is 20.1. The third-order valence-electron chi connectivity index (χ3n) is 13.2. The number of aryl methyl sites for hydroxylation is 9. The molecule has 65 heavy (non-hydrogen) atoms. The van der Waals surface area contributed by atoms with Crippen molar-refractivity contribution in [1.82, 2.24) is 19.9 Å². The molecule has 0 unspecified atom stereocenters. The first-order valence-corrected chi connectivity index (χ1v) is 22.0. The minimum Gasteiger partial charge on any atom is -0.255 e. The van der Waals surface area contributed by atoms with Gasteiger partial charge in [-0.15, -0.1) is 36.4 Å². The fourth-order valence-corrected chi connectivity index (χ4v) is 8.41. The van der Waals surface area contributed by atoms with Gasteiger partial charge in [0.25, 0.3) is 0 Å². The summed E-state index contributed by atoms with van der Waals surface area (Å²) in [6, 6.07) is 39.5. The van der Waals surface area contributed by atoms with E-state index in [-0.39, 0.29) is 37.1 Å². The fraction of sp³-hybridized carbons (Fsp3) is 0.254. The van der Waals surface area contributed by atoms with Crippen molar-refractivity contribution in [3.8, 4) is 67.8 Å². The number of aromatic nitrogens is 4. The van der Waals surface area contributed by atoms with Crippen LogP contribution in [0.5, 0.6) is 0 Å². The molecule has 6 heteroatoms. The standard InChI is InChI=1S/C31H33N2.C28H27N2.2V/c1-17-10-13-26(23(7)20(17)4)29-16-30(27-14-11-18(2)21(5)24(27)8)33-31(32-29)28-15-12-19(3)22(6)25(28)9;1-17-7-10-23(20(4)13-17)26-16-27(24-11-8-18(2)14-21(24)5)30-28(29-26)25-12-9-19(3)15-22(25)6;;/h10-15H,1-9H3;7-15H,1-6H3;;/q2*-1;;. The second-order valence-corrected chi connectivity index (χ2v) is 17.7. The minimum atomic E-state index is 0. The summed E-state index contributed by atoms with van der Waals surface area (Å²) in [6.07, 6.45) is 0. The summed E-state index contributed by atoms with van der Waals surface area (Å²) < 4.78 is 0. The average molecular weight is 927 g/mol. The molecule has 0 amide bonds. The van der Waals surface area contributed by atoms with E-state index < -0.39 is 0 Å². The molecule has 2 heterocycles. The zero-order valence-electron chi connectivity index (χ0n) is 40.8. The van der Waals surface area contributed by atoms with E-state index in [1.165, 1.54) is 83.5 Å². The number of hydrogen-bond acceptors (Lipinski definition) is 4. The maximum Gasteiger partial charge on any atom is 0.156 e. The van der Waals surface area contributed by atoms with Crippen molar-refractivity contribution in [2.24, 2.45) is 0 Å². The first-order valence-electron chi connectivity index (χ1n) is 22.0. The Morgan fingerprint density at radius 3 is 0.862 bits per heavy atom. The van der Waals surface area contributed by atoms with Gasteiger partial charge in [-0.1, -0.05) is 167 Å². The topological polar surface area (TPSA) is 51.6 Å². The third-order valence-corrected chi connectivity index (χ3v) is 13.2. The molecule has 4 nitrogen and oxygen atoms in total. The largest absolute Gasteiger partial charge is 0.255 e. The third kappa shape index (κ3) is 10.7. The summed E-state index contributed by atoms with van der Waals surface area (Å²) in [6.45, 7) is 32.2. The Bertz CT molecular complexity index is 2720. The van der Waals surface area contributed by atoms with Crippen molar-refractivity contribution in [1.29, 1.82) is 0 Å². The molecule has 0 saturated carbocycles. The molecule has 0 fully saturated rings. The normalized spacial score (nSPS) is 10.8. The Labute approximate surface area is 412 Å². The van der Waals surface area contributed by atoms with Crippen LogP contribution in [0.2, 0.25) is 0 Å². The zero-order valence-corrected chi connectivity index (χ0v) is 43.6. The molecule has 0 bridgehead atoms. The van der Waals surface area contributed by atoms with Crippen LogP contribution in [-0.2, 0) is 37.1 Å². The molecule has 6 aromatic carbocycles. The van der Waals surface area contributed by atoms with Gasteiger partial charge in [-0.2, -0.15) is 0 Å². The van der Waals surface area contributed by atoms with Gasteiger partial charge in [0, 0.05) is 48.2 Å². The predicted octanol–water partition coefficient (Wildman–Crippen LogP) is 15.2. The molecular formula is C59H60N4V2-2. The number of hydrogen-bond donors (Lipinski definition) is 0. The van der Waals surface area contributed by atoms with E-state index in [1.807, 2.05) is 0 Å². The summed E-state index contributed by atoms with van der Waals surface area (Å²) in [5, 5.41) is 0. The molecule has 0 spiro atoms. The van der Waals surface area contributed by atoms with Gasteiger partial charge in [0.05, 0.1) is 0 Å². The quantitative estimate of drug-likeness (QED) is 0.156. The monoisotopic (exact) mass is 926 g/mol. The van der Waals surface area contributed by atoms with E-state index in [4.69, 9.17) is 19.9 Å². The van der Waals surface area contributed by atoms with Gasteiger partial charge in [-0.05, 0) is 132 Å². The molecule has 2 aromatic heterocycles. The van der Waals surface area contributed by atoms with Crippen molar-refractivity contribution >= 4 is 0 Å². The number of rotatable bonds is 6. The van der Waals surface area contributed by atoms with Gasteiger partial charge in [-0.3, -0.25) is 19.9 Å². The number of benzene rings is 6. The molecule has 0 N–H and O–H groups in total. The van der Waals surface area contributed by atoms with E-state index >= 15 is 0 Å². The fourth-order valence-electron chi connectivity index (χ4n) is 8.41. The minimum absolute atomic E-state index is 0. The van der Waals surface area contributed by atoms with Gasteiger partial charge in [0.2, 0.25) is 0 Å². The molecule has 0 aliphatic heterocycles. The summed E-state index contributed by atoms with van der Waals surface area (Å²) in [5.41, 5.74) is 28.7. The Morgan fingerprint density at radius 2 is 0.523 bits per heavy atom. The van der Waals surface area contributed by atoms with Crippen LogP contribution in [0.4, 0.5) is 0 Å². The summed E-state index contributed by atoms with van der Waals surface area (Å²) in [7, 11) is 0. The van der Waals surface area contributed by atoms with Gasteiger partial charge in [0.15, 0.2) is 11.6 Å². The summed E-state index contributed by atoms with van der Waals surface area (Å²) in [5.74, 6) is 1.51. The van der Waals surface area contributed by atoms with Crippen LogP contribution in [0.1, 0.15) is 83.5 Å². The van der Waals surface area contributed by atoms with Crippen molar-refractivity contribution < 1.29 is 37.1 Å². The van der Waals surface area contributed by atoms with Crippen LogP contribution >= 0.6 is 0 Å². The Hall–Kier alpha value is -5.35. The maximum absolute atomic E-state index is 5.07. The first-order chi connectivity index (χ1) is 29.9. The van der Waals surface area contributed by atoms with Crippen molar-refractivity contribution in [3.05, 3.63) is 187 Å². The van der Waals surface area contributed by atoms with E-state index in [1.54, 1.807) is 0 Å². The van der Waals surface area contributed by atoms with Crippen LogP contribution < -0.4 is 0 Å². The molecule has 0 saturated heterocycles. The molecule has 328 valence electrons. The van der Waals surface area contributed by atoms with Crippen LogP contribution in [0.25, 0.3) is 67.8 Å². The van der Waals surface area contributed by atoms with Crippen molar-refractivity contribution in [3.63, 3.8) is 0 Å². The molecule has 2 radical (unpaired) electrons. The summed E-state index contributed by atoms with van der Waals surface area (Å²) >= 11 is 0. The van der Waals surface area contributed by atoms with Crippen LogP contribution in [0, 0.1) is 116 Å². The van der Waals surface area contributed by atoms with Gasteiger partial charge in [-0.25, -0.2) is 0 Å². The van der Waals surface area contributed by atoms with Gasteiger partial charge < -0.3 is 0 Å². The van der Waals surface area contributed by atoms with E-state index in [9.17, 15) is 0 Å². The molecular weight excluding hydrogens is 867 g/mol. The smallest absolute Gasteiger partial charge is 0.156 e. The SMILES string of the molecule is Cc1ccc(-c2[c-]c(-c3ccc(C)c(C)c3C)nc(-c3ccc(C)c(C)c3C)n2)c(C)c1C.Cc1ccc(-c2[c-]c(-c3ccc(C)cc3C)nc(-c3ccc(C)cc3C)n2)c(C)c1.[V].[V]. The molecule has 8 rings (SSSR count). The molecule has 8 aromatic rings. The van der Waals surface area contributed by atoms with E-state index in [2.05, 4.69) is 207 Å². The average Bonchev–Trinajstić information content (AvgIpc) is 3.24. The zero-order chi connectivity index (χ0) is 45.4. The number of nitrogens with zero attached hydrogens (tertiary/aromatic N) is 4. The molecule has 0 aliphatic carbocycles. The van der Waals surface area contributed by atoms with Crippen LogP contribution in [0.15, 0.2) is 91.0 Å². The van der Waals surface area contributed by atoms with E-state index in [0.717, 1.165) is 67.8 Å². The first kappa shape index (κ1) is 50.6. The van der Waals surface area contributed by atoms with Crippen molar-refractivity contribution in [2.75, 3.05) is 0 Å².